The van der Waals surface area contributed by atoms with Crippen molar-refractivity contribution in [1.82, 2.24) is 10.2 Å². The molecule has 3 heteroatoms. The third-order valence-electron chi connectivity index (χ3n) is 5.43. The van der Waals surface area contributed by atoms with Crippen molar-refractivity contribution in [2.45, 2.75) is 76.3 Å². The molecule has 0 aromatic carbocycles. The summed E-state index contributed by atoms with van der Waals surface area (Å²) in [5.41, 5.74) is 0. The van der Waals surface area contributed by atoms with E-state index in [0.717, 1.165) is 23.3 Å². The molecule has 1 aliphatic carbocycles. The minimum atomic E-state index is 0.708. The maximum Gasteiger partial charge on any atom is 0.0221 e. The lowest BCUT2D eigenvalue weighted by Crippen LogP contribution is -2.60. The van der Waals surface area contributed by atoms with Crippen LogP contribution in [0.15, 0.2) is 0 Å². The van der Waals surface area contributed by atoms with Gasteiger partial charge in [0.1, 0.15) is 0 Å². The fourth-order valence-electron chi connectivity index (χ4n) is 3.70. The highest BCUT2D eigenvalue weighted by Crippen LogP contribution is 2.31. The molecule has 3 unspecified atom stereocenters. The van der Waals surface area contributed by atoms with Crippen molar-refractivity contribution in [2.75, 3.05) is 19.3 Å². The summed E-state index contributed by atoms with van der Waals surface area (Å²) in [4.78, 5) is 2.82. The molecule has 0 aromatic rings. The van der Waals surface area contributed by atoms with Crippen molar-refractivity contribution in [3.8, 4) is 0 Å². The van der Waals surface area contributed by atoms with Crippen molar-refractivity contribution < 1.29 is 0 Å². The smallest absolute Gasteiger partial charge is 0.0221 e. The molecule has 2 rings (SSSR count). The average Bonchev–Trinajstić information content (AvgIpc) is 2.47. The van der Waals surface area contributed by atoms with Gasteiger partial charge in [-0.15, -0.1) is 0 Å². The second kappa shape index (κ2) is 7.33. The predicted molar refractivity (Wildman–Crippen MR) is 87.0 cm³/mol. The van der Waals surface area contributed by atoms with Crippen molar-refractivity contribution in [2.24, 2.45) is 5.92 Å². The molecule has 19 heavy (non-hydrogen) atoms. The standard InChI is InChI=1S/C16H32N2S/c1-5-12(2)16-11-18(13(3)10-17-16)14-6-8-15(19-4)9-7-14/h12-17H,5-11H2,1-4H3. The average molecular weight is 285 g/mol. The molecule has 0 spiro atoms. The summed E-state index contributed by atoms with van der Waals surface area (Å²) in [5.74, 6) is 0.803. The fourth-order valence-corrected chi connectivity index (χ4v) is 4.44. The molecule has 0 aromatic heterocycles. The maximum atomic E-state index is 3.76. The Balaban J connectivity index is 1.90. The lowest BCUT2D eigenvalue weighted by molar-refractivity contribution is 0.0580. The number of piperazine rings is 1. The molecule has 0 radical (unpaired) electrons. The van der Waals surface area contributed by atoms with E-state index in [9.17, 15) is 0 Å². The number of thioether (sulfide) groups is 1. The van der Waals surface area contributed by atoms with Gasteiger partial charge in [0.2, 0.25) is 0 Å². The third-order valence-corrected chi connectivity index (χ3v) is 6.56. The Morgan fingerprint density at radius 2 is 1.95 bits per heavy atom. The first kappa shape index (κ1) is 15.7. The van der Waals surface area contributed by atoms with Gasteiger partial charge >= 0.3 is 0 Å². The molecule has 2 nitrogen and oxygen atoms in total. The monoisotopic (exact) mass is 284 g/mol. The van der Waals surface area contributed by atoms with E-state index in [-0.39, 0.29) is 0 Å². The minimum Gasteiger partial charge on any atom is -0.311 e. The van der Waals surface area contributed by atoms with Gasteiger partial charge in [-0.05, 0) is 44.8 Å². The van der Waals surface area contributed by atoms with Crippen LogP contribution in [0.1, 0.15) is 52.9 Å². The quantitative estimate of drug-likeness (QED) is 0.852. The van der Waals surface area contributed by atoms with Gasteiger partial charge in [-0.25, -0.2) is 0 Å². The van der Waals surface area contributed by atoms with E-state index in [4.69, 9.17) is 0 Å². The number of nitrogens with zero attached hydrogens (tertiary/aromatic N) is 1. The van der Waals surface area contributed by atoms with Crippen LogP contribution < -0.4 is 5.32 Å². The molecule has 3 atom stereocenters. The molecule has 1 heterocycles. The molecule has 1 aliphatic heterocycles. The van der Waals surface area contributed by atoms with Gasteiger partial charge in [0.05, 0.1) is 0 Å². The van der Waals surface area contributed by atoms with Crippen LogP contribution in [0.25, 0.3) is 0 Å². The largest absolute Gasteiger partial charge is 0.311 e. The van der Waals surface area contributed by atoms with Gasteiger partial charge in [-0.2, -0.15) is 11.8 Å². The first-order valence-corrected chi connectivity index (χ1v) is 9.46. The third kappa shape index (κ3) is 3.89. The lowest BCUT2D eigenvalue weighted by Gasteiger charge is -2.46. The van der Waals surface area contributed by atoms with Gasteiger partial charge in [-0.1, -0.05) is 20.3 Å². The molecule has 1 N–H and O–H groups in total. The number of hydrogen-bond acceptors (Lipinski definition) is 3. The van der Waals surface area contributed by atoms with Crippen LogP contribution in [-0.4, -0.2) is 47.6 Å². The second-order valence-corrected chi connectivity index (χ2v) is 7.75. The summed E-state index contributed by atoms with van der Waals surface area (Å²) in [6.45, 7) is 9.57. The molecular formula is C16H32N2S. The zero-order valence-electron chi connectivity index (χ0n) is 13.2. The van der Waals surface area contributed by atoms with Crippen LogP contribution >= 0.6 is 11.8 Å². The molecule has 2 aliphatic rings. The van der Waals surface area contributed by atoms with Crippen LogP contribution in [0.3, 0.4) is 0 Å². The van der Waals surface area contributed by atoms with Gasteiger partial charge in [0.15, 0.2) is 0 Å². The van der Waals surface area contributed by atoms with E-state index in [0.29, 0.717) is 6.04 Å². The van der Waals surface area contributed by atoms with Crippen molar-refractivity contribution in [3.05, 3.63) is 0 Å². The number of rotatable bonds is 4. The highest BCUT2D eigenvalue weighted by Gasteiger charge is 2.33. The molecule has 2 fully saturated rings. The SMILES string of the molecule is CCC(C)C1CN(C2CCC(SC)CC2)C(C)CN1. The highest BCUT2D eigenvalue weighted by atomic mass is 32.2. The molecule has 1 saturated carbocycles. The predicted octanol–water partition coefficient (Wildman–Crippen LogP) is 3.37. The van der Waals surface area contributed by atoms with Crippen molar-refractivity contribution in [1.29, 1.82) is 0 Å². The number of hydrogen-bond donors (Lipinski definition) is 1. The molecular weight excluding hydrogens is 252 g/mol. The van der Waals surface area contributed by atoms with Gasteiger partial charge in [0.25, 0.3) is 0 Å². The van der Waals surface area contributed by atoms with Crippen molar-refractivity contribution >= 4 is 11.8 Å². The van der Waals surface area contributed by atoms with E-state index >= 15 is 0 Å². The molecule has 1 saturated heterocycles. The van der Waals surface area contributed by atoms with Crippen LogP contribution in [0.2, 0.25) is 0 Å². The van der Waals surface area contributed by atoms with E-state index in [1.165, 1.54) is 45.2 Å². The van der Waals surface area contributed by atoms with E-state index in [1.807, 2.05) is 0 Å². The number of nitrogens with one attached hydrogen (secondary N) is 1. The summed E-state index contributed by atoms with van der Waals surface area (Å²) in [5, 5.41) is 4.69. The maximum absolute atomic E-state index is 3.76. The van der Waals surface area contributed by atoms with Gasteiger partial charge < -0.3 is 5.32 Å². The Morgan fingerprint density at radius 3 is 2.53 bits per heavy atom. The molecule has 0 amide bonds. The summed E-state index contributed by atoms with van der Waals surface area (Å²) >= 11 is 2.07. The summed E-state index contributed by atoms with van der Waals surface area (Å²) in [6.07, 6.45) is 9.26. The first-order chi connectivity index (χ1) is 9.15. The normalized spacial score (nSPS) is 39.2. The second-order valence-electron chi connectivity index (χ2n) is 6.61. The van der Waals surface area contributed by atoms with Crippen LogP contribution in [0.4, 0.5) is 0 Å². The van der Waals surface area contributed by atoms with Crippen LogP contribution in [0.5, 0.6) is 0 Å². The Labute approximate surface area is 124 Å². The van der Waals surface area contributed by atoms with E-state index < -0.39 is 0 Å². The van der Waals surface area contributed by atoms with E-state index in [1.54, 1.807) is 0 Å². The Kier molecular flexibility index (Phi) is 6.04. The zero-order chi connectivity index (χ0) is 13.8. The Hall–Kier alpha value is 0.270. The Morgan fingerprint density at radius 1 is 1.26 bits per heavy atom. The molecule has 0 bridgehead atoms. The molecule has 112 valence electrons. The zero-order valence-corrected chi connectivity index (χ0v) is 14.0. The van der Waals surface area contributed by atoms with Crippen molar-refractivity contribution in [3.63, 3.8) is 0 Å². The fraction of sp³-hybridized carbons (Fsp3) is 1.00. The van der Waals surface area contributed by atoms with Gasteiger partial charge in [0, 0.05) is 36.5 Å². The summed E-state index contributed by atoms with van der Waals surface area (Å²) in [6, 6.07) is 2.28. The Bertz CT molecular complexity index is 263. The minimum absolute atomic E-state index is 0.708. The first-order valence-electron chi connectivity index (χ1n) is 8.17. The topological polar surface area (TPSA) is 15.3 Å². The van der Waals surface area contributed by atoms with Crippen LogP contribution in [-0.2, 0) is 0 Å². The summed E-state index contributed by atoms with van der Waals surface area (Å²) < 4.78 is 0. The lowest BCUT2D eigenvalue weighted by atomic mass is 9.89. The van der Waals surface area contributed by atoms with E-state index in [2.05, 4.69) is 49.0 Å². The summed E-state index contributed by atoms with van der Waals surface area (Å²) in [7, 11) is 0. The van der Waals surface area contributed by atoms with Crippen LogP contribution in [0, 0.1) is 5.92 Å². The highest BCUT2D eigenvalue weighted by molar-refractivity contribution is 7.99. The van der Waals surface area contributed by atoms with Gasteiger partial charge in [-0.3, -0.25) is 4.90 Å².